The number of hydrogen-bond donors (Lipinski definition) is 0. The molecule has 0 spiro atoms. The molecule has 0 amide bonds. The van der Waals surface area contributed by atoms with Crippen molar-refractivity contribution >= 4 is 11.8 Å². The number of methoxy groups -OCH3 is 1. The Morgan fingerprint density at radius 2 is 2.11 bits per heavy atom. The molecule has 0 radical (unpaired) electrons. The van der Waals surface area contributed by atoms with Gasteiger partial charge in [-0.25, -0.2) is 0 Å². The van der Waals surface area contributed by atoms with E-state index in [4.69, 9.17) is 4.74 Å². The van der Waals surface area contributed by atoms with E-state index < -0.39 is 46.6 Å². The first kappa shape index (κ1) is 11.5. The van der Waals surface area contributed by atoms with Gasteiger partial charge in [-0.15, -0.1) is 0 Å². The van der Waals surface area contributed by atoms with Gasteiger partial charge in [0.2, 0.25) is 0 Å². The van der Waals surface area contributed by atoms with Gasteiger partial charge in [0.25, 0.3) is 0 Å². The van der Waals surface area contributed by atoms with Gasteiger partial charge in [0, 0.05) is 11.8 Å². The molecule has 0 N–H and O–H groups in total. The number of allylic oxidation sites excluding steroid dienone is 2. The van der Waals surface area contributed by atoms with Crippen molar-refractivity contribution in [1.82, 2.24) is 0 Å². The first-order chi connectivity index (χ1) is 8.83. The number of esters is 1. The molecule has 6 atom stereocenters. The number of alkyl halides is 3. The van der Waals surface area contributed by atoms with Crippen LogP contribution < -0.4 is 0 Å². The van der Waals surface area contributed by atoms with Crippen LogP contribution in [0.15, 0.2) is 12.2 Å². The van der Waals surface area contributed by atoms with E-state index in [1.165, 1.54) is 7.11 Å². The molecular formula is C13H11F3O3. The van der Waals surface area contributed by atoms with Crippen LogP contribution in [0.1, 0.15) is 6.42 Å². The summed E-state index contributed by atoms with van der Waals surface area (Å²) < 4.78 is 44.5. The van der Waals surface area contributed by atoms with Crippen LogP contribution in [-0.4, -0.2) is 25.0 Å². The van der Waals surface area contributed by atoms with Crippen molar-refractivity contribution in [2.24, 2.45) is 34.5 Å². The third kappa shape index (κ3) is 0.832. The maximum atomic E-state index is 13.3. The first-order valence-electron chi connectivity index (χ1n) is 6.20. The summed E-state index contributed by atoms with van der Waals surface area (Å²) in [6.07, 6.45) is -1.25. The Balaban J connectivity index is 1.87. The molecule has 0 aliphatic heterocycles. The second kappa shape index (κ2) is 2.74. The lowest BCUT2D eigenvalue weighted by atomic mass is 9.49. The summed E-state index contributed by atoms with van der Waals surface area (Å²) in [4.78, 5) is 24.1. The molecule has 4 rings (SSSR count). The first-order valence-corrected chi connectivity index (χ1v) is 6.20. The van der Waals surface area contributed by atoms with Gasteiger partial charge in [0.05, 0.1) is 23.9 Å². The predicted molar refractivity (Wildman–Crippen MR) is 55.7 cm³/mol. The van der Waals surface area contributed by atoms with Gasteiger partial charge in [0.1, 0.15) is 5.78 Å². The minimum absolute atomic E-state index is 0.0434. The van der Waals surface area contributed by atoms with E-state index in [2.05, 4.69) is 0 Å². The molecule has 4 aliphatic carbocycles. The summed E-state index contributed by atoms with van der Waals surface area (Å²) in [5, 5.41) is 0. The number of hydrogen-bond acceptors (Lipinski definition) is 3. The van der Waals surface area contributed by atoms with Gasteiger partial charge in [-0.2, -0.15) is 13.2 Å². The van der Waals surface area contributed by atoms with E-state index in [9.17, 15) is 22.8 Å². The standard InChI is InChI=1S/C13H11F3O3/c1-19-10(18)12-6-3-2-5(8(6)17)9(12)11(4-7(11)12)13(14,15)16/h2-3,5-7,9H,4H2,1H3. The van der Waals surface area contributed by atoms with E-state index in [-0.39, 0.29) is 12.2 Å². The largest absolute Gasteiger partial charge is 0.469 e. The Hall–Kier alpha value is -1.33. The zero-order valence-corrected chi connectivity index (χ0v) is 10.0. The van der Waals surface area contributed by atoms with E-state index >= 15 is 0 Å². The normalized spacial score (nSPS) is 52.5. The van der Waals surface area contributed by atoms with Crippen LogP contribution in [-0.2, 0) is 14.3 Å². The molecule has 102 valence electrons. The smallest absolute Gasteiger partial charge is 0.395 e. The molecule has 4 aliphatic rings. The summed E-state index contributed by atoms with van der Waals surface area (Å²) in [5.74, 6) is -4.08. The highest BCUT2D eigenvalue weighted by Crippen LogP contribution is 2.91. The zero-order valence-electron chi connectivity index (χ0n) is 10.0. The molecule has 0 aromatic carbocycles. The van der Waals surface area contributed by atoms with Crippen molar-refractivity contribution in [2.45, 2.75) is 12.6 Å². The molecule has 6 heteroatoms. The Morgan fingerprint density at radius 1 is 1.42 bits per heavy atom. The quantitative estimate of drug-likeness (QED) is 0.539. The number of carbonyl (C=O) groups excluding carboxylic acids is 2. The summed E-state index contributed by atoms with van der Waals surface area (Å²) in [5.41, 5.74) is -3.05. The lowest BCUT2D eigenvalue weighted by Gasteiger charge is -2.52. The van der Waals surface area contributed by atoms with Crippen LogP contribution in [0.5, 0.6) is 0 Å². The van der Waals surface area contributed by atoms with Crippen molar-refractivity contribution in [2.75, 3.05) is 7.11 Å². The van der Waals surface area contributed by atoms with Crippen LogP contribution in [0.2, 0.25) is 0 Å². The zero-order chi connectivity index (χ0) is 13.8. The third-order valence-corrected chi connectivity index (χ3v) is 5.74. The van der Waals surface area contributed by atoms with E-state index in [1.54, 1.807) is 12.2 Å². The van der Waals surface area contributed by atoms with Crippen molar-refractivity contribution in [1.29, 1.82) is 0 Å². The monoisotopic (exact) mass is 272 g/mol. The summed E-state index contributed by atoms with van der Waals surface area (Å²) in [6, 6.07) is 0. The topological polar surface area (TPSA) is 43.4 Å². The average molecular weight is 272 g/mol. The Kier molecular flexibility index (Phi) is 1.66. The fourth-order valence-electron chi connectivity index (χ4n) is 5.15. The Morgan fingerprint density at radius 3 is 2.68 bits per heavy atom. The molecule has 19 heavy (non-hydrogen) atoms. The number of ketones is 1. The lowest BCUT2D eigenvalue weighted by Crippen LogP contribution is -2.61. The van der Waals surface area contributed by atoms with Crippen LogP contribution in [0.4, 0.5) is 13.2 Å². The fraction of sp³-hybridized carbons (Fsp3) is 0.692. The van der Waals surface area contributed by atoms with Gasteiger partial charge in [0.15, 0.2) is 0 Å². The number of carbonyl (C=O) groups is 2. The van der Waals surface area contributed by atoms with Gasteiger partial charge in [-0.1, -0.05) is 12.2 Å². The molecule has 3 fully saturated rings. The maximum Gasteiger partial charge on any atom is 0.395 e. The molecule has 0 aromatic heterocycles. The summed E-state index contributed by atoms with van der Waals surface area (Å²) in [6.45, 7) is 0. The minimum Gasteiger partial charge on any atom is -0.469 e. The van der Waals surface area contributed by atoms with Gasteiger partial charge < -0.3 is 4.74 Å². The number of Topliss-reactive ketones (excluding diaryl/α,β-unsaturated/α-hetero) is 1. The van der Waals surface area contributed by atoms with Gasteiger partial charge in [-0.05, 0) is 12.3 Å². The molecule has 0 heterocycles. The summed E-state index contributed by atoms with van der Waals surface area (Å²) >= 11 is 0. The van der Waals surface area contributed by atoms with Crippen LogP contribution in [0, 0.1) is 34.5 Å². The summed E-state index contributed by atoms with van der Waals surface area (Å²) in [7, 11) is 1.17. The minimum atomic E-state index is -4.35. The number of fused-ring (bicyclic) bond motifs is 8. The van der Waals surface area contributed by atoms with Crippen LogP contribution in [0.3, 0.4) is 0 Å². The Labute approximate surface area is 106 Å². The van der Waals surface area contributed by atoms with E-state index in [0.717, 1.165) is 0 Å². The van der Waals surface area contributed by atoms with E-state index in [0.29, 0.717) is 0 Å². The van der Waals surface area contributed by atoms with E-state index in [1.807, 2.05) is 0 Å². The Bertz CT molecular complexity index is 552. The van der Waals surface area contributed by atoms with Gasteiger partial charge >= 0.3 is 12.1 Å². The lowest BCUT2D eigenvalue weighted by molar-refractivity contribution is -0.266. The fourth-order valence-corrected chi connectivity index (χ4v) is 5.15. The molecule has 3 nitrogen and oxygen atoms in total. The highest BCUT2D eigenvalue weighted by Gasteiger charge is 2.97. The molecule has 2 bridgehead atoms. The van der Waals surface area contributed by atoms with Crippen LogP contribution >= 0.6 is 0 Å². The van der Waals surface area contributed by atoms with Crippen molar-refractivity contribution in [3.63, 3.8) is 0 Å². The molecule has 3 saturated carbocycles. The average Bonchev–Trinajstić information content (AvgIpc) is 2.84. The van der Waals surface area contributed by atoms with Crippen molar-refractivity contribution < 1.29 is 27.5 Å². The second-order valence-electron chi connectivity index (χ2n) is 5.99. The number of rotatable bonds is 1. The molecule has 6 unspecified atom stereocenters. The SMILES string of the molecule is COC(=O)C12C3C=CC(C3=O)C1C1(C(F)(F)F)CC21. The van der Waals surface area contributed by atoms with Crippen molar-refractivity contribution in [3.8, 4) is 0 Å². The second-order valence-corrected chi connectivity index (χ2v) is 5.99. The predicted octanol–water partition coefficient (Wildman–Crippen LogP) is 1.73. The van der Waals surface area contributed by atoms with Gasteiger partial charge in [-0.3, -0.25) is 9.59 Å². The molecule has 0 saturated heterocycles. The van der Waals surface area contributed by atoms with Crippen molar-refractivity contribution in [3.05, 3.63) is 12.2 Å². The molecular weight excluding hydrogens is 261 g/mol. The third-order valence-electron chi connectivity index (χ3n) is 5.74. The highest BCUT2D eigenvalue weighted by molar-refractivity contribution is 6.02. The highest BCUT2D eigenvalue weighted by atomic mass is 19.4. The molecule has 0 aromatic rings. The number of ether oxygens (including phenoxy) is 1. The maximum absolute atomic E-state index is 13.3. The van der Waals surface area contributed by atoms with Crippen LogP contribution in [0.25, 0.3) is 0 Å². The number of halogens is 3.